The minimum atomic E-state index is 0.216. The van der Waals surface area contributed by atoms with Crippen molar-refractivity contribution in [1.82, 2.24) is 4.90 Å². The van der Waals surface area contributed by atoms with Gasteiger partial charge in [0, 0.05) is 36.9 Å². The molecule has 2 aliphatic carbocycles. The van der Waals surface area contributed by atoms with Crippen LogP contribution in [0, 0.1) is 0 Å². The quantitative estimate of drug-likeness (QED) is 0.725. The van der Waals surface area contributed by atoms with Crippen LogP contribution in [-0.4, -0.2) is 43.3 Å². The van der Waals surface area contributed by atoms with Gasteiger partial charge in [0.15, 0.2) is 0 Å². The Morgan fingerprint density at radius 1 is 0.963 bits per heavy atom. The number of hydrogen-bond acceptors (Lipinski definition) is 3. The van der Waals surface area contributed by atoms with E-state index >= 15 is 0 Å². The molecule has 0 aliphatic heterocycles. The molecule has 27 heavy (non-hydrogen) atoms. The van der Waals surface area contributed by atoms with Crippen LogP contribution in [0.2, 0.25) is 0 Å². The van der Waals surface area contributed by atoms with Gasteiger partial charge in [-0.3, -0.25) is 4.79 Å². The lowest BCUT2D eigenvalue weighted by atomic mass is 9.93. The number of carbonyl (C=O) groups is 2. The highest BCUT2D eigenvalue weighted by molar-refractivity contribution is 5.95. The Morgan fingerprint density at radius 2 is 1.52 bits per heavy atom. The molecule has 2 fully saturated rings. The van der Waals surface area contributed by atoms with E-state index in [4.69, 9.17) is 4.79 Å². The minimum absolute atomic E-state index is 0.216. The zero-order chi connectivity index (χ0) is 19.6. The van der Waals surface area contributed by atoms with E-state index < -0.39 is 0 Å². The summed E-state index contributed by atoms with van der Waals surface area (Å²) in [5, 5.41) is 0. The van der Waals surface area contributed by atoms with Gasteiger partial charge in [-0.15, -0.1) is 0 Å². The average molecular weight is 373 g/mol. The standard InChI is InChI=1S/C22H34N2O.CH2O/c1-3-24(20-14-8-5-9-15-20)22(25)18-11-10-16-21(17-18)23(2)19-12-6-4-7-13-19;1-2/h10-11,16-17,19-20H,3-9,12-15H2,1-2H3;1H2. The smallest absolute Gasteiger partial charge is 0.254 e. The Bertz CT molecular complexity index is 577. The summed E-state index contributed by atoms with van der Waals surface area (Å²) in [5.74, 6) is 0.216. The molecule has 1 amide bonds. The van der Waals surface area contributed by atoms with Crippen molar-refractivity contribution in [3.63, 3.8) is 0 Å². The van der Waals surface area contributed by atoms with Crippen LogP contribution in [0.1, 0.15) is 81.5 Å². The Kier molecular flexibility index (Phi) is 8.83. The van der Waals surface area contributed by atoms with Gasteiger partial charge in [-0.05, 0) is 50.8 Å². The van der Waals surface area contributed by atoms with Gasteiger partial charge in [0.1, 0.15) is 6.79 Å². The summed E-state index contributed by atoms with van der Waals surface area (Å²) in [6.07, 6.45) is 12.8. The second-order valence-electron chi connectivity index (χ2n) is 7.84. The zero-order valence-electron chi connectivity index (χ0n) is 17.2. The number of anilines is 1. The molecule has 0 saturated heterocycles. The van der Waals surface area contributed by atoms with Crippen molar-refractivity contribution in [2.75, 3.05) is 18.5 Å². The number of hydrogen-bond donors (Lipinski definition) is 0. The van der Waals surface area contributed by atoms with Gasteiger partial charge in [-0.1, -0.05) is 44.6 Å². The number of nitrogens with zero attached hydrogens (tertiary/aromatic N) is 2. The number of amides is 1. The average Bonchev–Trinajstić information content (AvgIpc) is 2.76. The van der Waals surface area contributed by atoms with Gasteiger partial charge in [0.2, 0.25) is 0 Å². The van der Waals surface area contributed by atoms with Gasteiger partial charge in [-0.2, -0.15) is 0 Å². The molecule has 0 bridgehead atoms. The molecule has 1 aromatic rings. The summed E-state index contributed by atoms with van der Waals surface area (Å²) < 4.78 is 0. The van der Waals surface area contributed by atoms with Crippen LogP contribution < -0.4 is 4.90 Å². The predicted octanol–water partition coefficient (Wildman–Crippen LogP) is 5.07. The molecular formula is C23H36N2O2. The van der Waals surface area contributed by atoms with Crippen LogP contribution in [0.15, 0.2) is 24.3 Å². The van der Waals surface area contributed by atoms with E-state index in [9.17, 15) is 4.79 Å². The molecule has 0 heterocycles. The van der Waals surface area contributed by atoms with Crippen molar-refractivity contribution >= 4 is 18.4 Å². The third-order valence-corrected chi connectivity index (χ3v) is 6.24. The van der Waals surface area contributed by atoms with E-state index in [0.717, 1.165) is 12.1 Å². The van der Waals surface area contributed by atoms with E-state index in [1.54, 1.807) is 0 Å². The summed E-state index contributed by atoms with van der Waals surface area (Å²) in [7, 11) is 2.19. The molecule has 4 heteroatoms. The molecule has 0 N–H and O–H groups in total. The van der Waals surface area contributed by atoms with E-state index in [1.165, 1.54) is 69.9 Å². The number of benzene rings is 1. The maximum absolute atomic E-state index is 13.1. The second kappa shape index (κ2) is 11.1. The van der Waals surface area contributed by atoms with Crippen molar-refractivity contribution in [1.29, 1.82) is 0 Å². The Morgan fingerprint density at radius 3 is 2.07 bits per heavy atom. The molecule has 0 atom stereocenters. The molecular weight excluding hydrogens is 336 g/mol. The molecule has 0 unspecified atom stereocenters. The van der Waals surface area contributed by atoms with Gasteiger partial charge >= 0.3 is 0 Å². The zero-order valence-corrected chi connectivity index (χ0v) is 17.2. The van der Waals surface area contributed by atoms with Gasteiger partial charge in [0.25, 0.3) is 5.91 Å². The summed E-state index contributed by atoms with van der Waals surface area (Å²) in [4.78, 5) is 25.6. The Hall–Kier alpha value is -1.84. The van der Waals surface area contributed by atoms with E-state index in [-0.39, 0.29) is 5.91 Å². The van der Waals surface area contributed by atoms with Crippen LogP contribution in [0.4, 0.5) is 5.69 Å². The third kappa shape index (κ3) is 5.57. The molecule has 150 valence electrons. The highest BCUT2D eigenvalue weighted by Gasteiger charge is 2.25. The van der Waals surface area contributed by atoms with Gasteiger partial charge in [0.05, 0.1) is 0 Å². The van der Waals surface area contributed by atoms with Crippen LogP contribution in [0.25, 0.3) is 0 Å². The SMILES string of the molecule is C=O.CCN(C(=O)c1cccc(N(C)C2CCCCC2)c1)C1CCCCC1. The third-order valence-electron chi connectivity index (χ3n) is 6.24. The highest BCUT2D eigenvalue weighted by atomic mass is 16.2. The van der Waals surface area contributed by atoms with Crippen molar-refractivity contribution in [3.05, 3.63) is 29.8 Å². The fourth-order valence-electron chi connectivity index (χ4n) is 4.66. The maximum atomic E-state index is 13.1. The van der Waals surface area contributed by atoms with Crippen molar-refractivity contribution in [3.8, 4) is 0 Å². The lowest BCUT2D eigenvalue weighted by Crippen LogP contribution is -2.41. The summed E-state index contributed by atoms with van der Waals surface area (Å²) >= 11 is 0. The van der Waals surface area contributed by atoms with E-state index in [0.29, 0.717) is 12.1 Å². The predicted molar refractivity (Wildman–Crippen MR) is 112 cm³/mol. The maximum Gasteiger partial charge on any atom is 0.254 e. The first-order valence-electron chi connectivity index (χ1n) is 10.6. The Labute approximate surface area is 164 Å². The first-order valence-corrected chi connectivity index (χ1v) is 10.6. The summed E-state index contributed by atoms with van der Waals surface area (Å²) in [5.41, 5.74) is 2.05. The fourth-order valence-corrected chi connectivity index (χ4v) is 4.66. The van der Waals surface area contributed by atoms with Crippen molar-refractivity contribution in [2.45, 2.75) is 83.2 Å². The van der Waals surface area contributed by atoms with Gasteiger partial charge in [-0.25, -0.2) is 0 Å². The van der Waals surface area contributed by atoms with Crippen molar-refractivity contribution in [2.24, 2.45) is 0 Å². The molecule has 1 aromatic carbocycles. The van der Waals surface area contributed by atoms with E-state index in [2.05, 4.69) is 42.0 Å². The molecule has 0 spiro atoms. The molecule has 4 nitrogen and oxygen atoms in total. The van der Waals surface area contributed by atoms with Gasteiger partial charge < -0.3 is 14.6 Å². The lowest BCUT2D eigenvalue weighted by Gasteiger charge is -2.35. The first-order chi connectivity index (χ1) is 13.2. The molecule has 0 radical (unpaired) electrons. The normalized spacial score (nSPS) is 18.3. The van der Waals surface area contributed by atoms with Crippen LogP contribution in [0.5, 0.6) is 0 Å². The number of rotatable bonds is 5. The first kappa shape index (κ1) is 21.5. The van der Waals surface area contributed by atoms with Crippen LogP contribution in [-0.2, 0) is 4.79 Å². The second-order valence-corrected chi connectivity index (χ2v) is 7.84. The largest absolute Gasteiger partial charge is 0.372 e. The monoisotopic (exact) mass is 372 g/mol. The summed E-state index contributed by atoms with van der Waals surface area (Å²) in [6.45, 7) is 4.93. The fraction of sp³-hybridized carbons (Fsp3) is 0.652. The molecule has 0 aromatic heterocycles. The molecule has 3 rings (SSSR count). The molecule has 2 aliphatic rings. The van der Waals surface area contributed by atoms with Crippen LogP contribution >= 0.6 is 0 Å². The number of carbonyl (C=O) groups excluding carboxylic acids is 2. The topological polar surface area (TPSA) is 40.6 Å². The minimum Gasteiger partial charge on any atom is -0.372 e. The lowest BCUT2D eigenvalue weighted by molar-refractivity contribution is -0.0980. The van der Waals surface area contributed by atoms with Crippen LogP contribution in [0.3, 0.4) is 0 Å². The van der Waals surface area contributed by atoms with E-state index in [1.807, 2.05) is 12.9 Å². The highest BCUT2D eigenvalue weighted by Crippen LogP contribution is 2.28. The van der Waals surface area contributed by atoms with Crippen molar-refractivity contribution < 1.29 is 9.59 Å². The molecule has 2 saturated carbocycles. The Balaban J connectivity index is 0.00000126. The summed E-state index contributed by atoms with van der Waals surface area (Å²) in [6, 6.07) is 9.37.